The molecule has 0 amide bonds. The van der Waals surface area contributed by atoms with E-state index < -0.39 is 0 Å². The highest BCUT2D eigenvalue weighted by atomic mass is 16.5. The second kappa shape index (κ2) is 11.2. The first-order valence-corrected chi connectivity index (χ1v) is 11.3. The molecule has 1 saturated carbocycles. The van der Waals surface area contributed by atoms with Crippen LogP contribution in [0.1, 0.15) is 52.4 Å². The van der Waals surface area contributed by atoms with Crippen LogP contribution >= 0.6 is 0 Å². The summed E-state index contributed by atoms with van der Waals surface area (Å²) < 4.78 is 7.86. The van der Waals surface area contributed by atoms with Crippen LogP contribution in [0.2, 0.25) is 0 Å². The Balaban J connectivity index is 1.49. The van der Waals surface area contributed by atoms with Crippen molar-refractivity contribution in [2.24, 2.45) is 10.4 Å². The van der Waals surface area contributed by atoms with Crippen LogP contribution in [0, 0.1) is 5.41 Å². The number of hydrogen-bond donors (Lipinski definition) is 2. The van der Waals surface area contributed by atoms with Gasteiger partial charge in [-0.1, -0.05) is 25.0 Å². The third-order valence-corrected chi connectivity index (χ3v) is 5.96. The van der Waals surface area contributed by atoms with Crippen LogP contribution in [0.5, 0.6) is 0 Å². The number of aryl methyl sites for hydroxylation is 1. The molecule has 1 aromatic heterocycles. The van der Waals surface area contributed by atoms with E-state index in [4.69, 9.17) is 9.73 Å². The quantitative estimate of drug-likeness (QED) is 0.341. The Morgan fingerprint density at radius 2 is 2.03 bits per heavy atom. The van der Waals surface area contributed by atoms with Crippen LogP contribution < -0.4 is 10.6 Å². The normalized spacial score (nSPS) is 16.4. The number of rotatable bonds is 11. The summed E-state index contributed by atoms with van der Waals surface area (Å²) in [4.78, 5) is 9.42. The van der Waals surface area contributed by atoms with E-state index in [1.807, 2.05) is 12.4 Å². The van der Waals surface area contributed by atoms with Gasteiger partial charge in [0.05, 0.1) is 17.4 Å². The van der Waals surface area contributed by atoms with E-state index >= 15 is 0 Å². The van der Waals surface area contributed by atoms with Gasteiger partial charge in [-0.2, -0.15) is 0 Å². The molecule has 0 aliphatic heterocycles. The summed E-state index contributed by atoms with van der Waals surface area (Å²) in [5, 5.41) is 6.92. The Labute approximate surface area is 175 Å². The highest BCUT2D eigenvalue weighted by Gasteiger charge is 2.33. The number of aromatic nitrogens is 2. The van der Waals surface area contributed by atoms with Crippen LogP contribution in [0.3, 0.4) is 0 Å². The third-order valence-electron chi connectivity index (χ3n) is 5.96. The monoisotopic (exact) mass is 399 g/mol. The molecule has 0 radical (unpaired) electrons. The Morgan fingerprint density at radius 3 is 2.83 bits per heavy atom. The number of benzene rings is 1. The molecule has 2 aromatic rings. The van der Waals surface area contributed by atoms with Crippen molar-refractivity contribution >= 4 is 17.0 Å². The van der Waals surface area contributed by atoms with Crippen LogP contribution in [0.15, 0.2) is 35.6 Å². The van der Waals surface area contributed by atoms with Gasteiger partial charge in [-0.3, -0.25) is 4.99 Å². The lowest BCUT2D eigenvalue weighted by Gasteiger charge is -2.27. The van der Waals surface area contributed by atoms with Gasteiger partial charge in [0.15, 0.2) is 5.96 Å². The largest absolute Gasteiger partial charge is 0.382 e. The highest BCUT2D eigenvalue weighted by Crippen LogP contribution is 2.41. The van der Waals surface area contributed by atoms with E-state index in [9.17, 15) is 0 Å². The number of para-hydroxylation sites is 2. The second-order valence-corrected chi connectivity index (χ2v) is 8.06. The van der Waals surface area contributed by atoms with Crippen LogP contribution in [-0.2, 0) is 11.3 Å². The van der Waals surface area contributed by atoms with E-state index in [0.717, 1.165) is 63.7 Å². The molecular formula is C23H37N5O. The minimum absolute atomic E-state index is 0.327. The van der Waals surface area contributed by atoms with Crippen molar-refractivity contribution in [3.63, 3.8) is 0 Å². The lowest BCUT2D eigenvalue weighted by atomic mass is 9.83. The summed E-state index contributed by atoms with van der Waals surface area (Å²) in [6, 6.07) is 8.29. The molecule has 3 rings (SSSR count). The highest BCUT2D eigenvalue weighted by molar-refractivity contribution is 5.79. The zero-order chi connectivity index (χ0) is 20.4. The van der Waals surface area contributed by atoms with Gasteiger partial charge in [0, 0.05) is 39.4 Å². The van der Waals surface area contributed by atoms with Gasteiger partial charge in [-0.25, -0.2) is 4.98 Å². The summed E-state index contributed by atoms with van der Waals surface area (Å²) in [6.07, 6.45) is 9.28. The molecule has 0 bridgehead atoms. The molecule has 0 unspecified atom stereocenters. The molecule has 0 saturated heterocycles. The third kappa shape index (κ3) is 6.20. The van der Waals surface area contributed by atoms with E-state index in [2.05, 4.69) is 52.2 Å². The molecule has 1 aliphatic rings. The number of nitrogens with one attached hydrogen (secondary N) is 2. The standard InChI is InChI=1S/C23H37N5O/c1-3-24-22(26-18-23(12-7-8-13-23)14-17-29-4-2)25-15-9-16-28-19-27-20-10-5-6-11-21(20)28/h5-6,10-11,19H,3-4,7-9,12-18H2,1-2H3,(H2,24,25,26). The smallest absolute Gasteiger partial charge is 0.191 e. The number of aliphatic imine (C=N–C) groups is 1. The van der Waals surface area contributed by atoms with Crippen LogP contribution in [0.25, 0.3) is 11.0 Å². The topological polar surface area (TPSA) is 63.5 Å². The Kier molecular flexibility index (Phi) is 8.35. The van der Waals surface area contributed by atoms with Gasteiger partial charge < -0.3 is 19.9 Å². The van der Waals surface area contributed by atoms with Gasteiger partial charge in [-0.15, -0.1) is 0 Å². The molecule has 1 aliphatic carbocycles. The van der Waals surface area contributed by atoms with Crippen molar-refractivity contribution in [2.45, 2.75) is 58.9 Å². The minimum atomic E-state index is 0.327. The maximum atomic E-state index is 5.63. The molecule has 29 heavy (non-hydrogen) atoms. The summed E-state index contributed by atoms with van der Waals surface area (Å²) in [5.74, 6) is 0.936. The summed E-state index contributed by atoms with van der Waals surface area (Å²) in [6.45, 7) is 9.46. The number of fused-ring (bicyclic) bond motifs is 1. The van der Waals surface area contributed by atoms with Crippen molar-refractivity contribution in [3.05, 3.63) is 30.6 Å². The molecule has 6 heteroatoms. The average molecular weight is 400 g/mol. The number of hydrogen-bond acceptors (Lipinski definition) is 3. The molecule has 6 nitrogen and oxygen atoms in total. The fourth-order valence-corrected chi connectivity index (χ4v) is 4.28. The predicted molar refractivity (Wildman–Crippen MR) is 120 cm³/mol. The van der Waals surface area contributed by atoms with E-state index in [1.165, 1.54) is 31.2 Å². The lowest BCUT2D eigenvalue weighted by molar-refractivity contribution is 0.107. The minimum Gasteiger partial charge on any atom is -0.382 e. The molecule has 0 spiro atoms. The van der Waals surface area contributed by atoms with Gasteiger partial charge in [0.2, 0.25) is 0 Å². The Morgan fingerprint density at radius 1 is 1.21 bits per heavy atom. The molecule has 1 heterocycles. The molecule has 2 N–H and O–H groups in total. The van der Waals surface area contributed by atoms with E-state index in [1.54, 1.807) is 0 Å². The van der Waals surface area contributed by atoms with Crippen molar-refractivity contribution in [3.8, 4) is 0 Å². The average Bonchev–Trinajstić information content (AvgIpc) is 3.37. The molecule has 160 valence electrons. The first-order chi connectivity index (χ1) is 14.3. The Bertz CT molecular complexity index is 763. The maximum Gasteiger partial charge on any atom is 0.191 e. The fraction of sp³-hybridized carbons (Fsp3) is 0.652. The number of imidazole rings is 1. The zero-order valence-corrected chi connectivity index (χ0v) is 18.1. The van der Waals surface area contributed by atoms with Crippen molar-refractivity contribution < 1.29 is 4.74 Å². The SMILES string of the molecule is CCNC(=NCC1(CCOCC)CCCC1)NCCCn1cnc2ccccc21. The number of guanidine groups is 1. The lowest BCUT2D eigenvalue weighted by Crippen LogP contribution is -2.39. The molecular weight excluding hydrogens is 362 g/mol. The van der Waals surface area contributed by atoms with Gasteiger partial charge in [0.25, 0.3) is 0 Å². The van der Waals surface area contributed by atoms with Crippen molar-refractivity contribution in [2.75, 3.05) is 32.8 Å². The zero-order valence-electron chi connectivity index (χ0n) is 18.1. The van der Waals surface area contributed by atoms with Gasteiger partial charge in [0.1, 0.15) is 0 Å². The number of ether oxygens (including phenoxy) is 1. The molecule has 1 aromatic carbocycles. The van der Waals surface area contributed by atoms with Gasteiger partial charge in [-0.05, 0) is 57.1 Å². The first kappa shape index (κ1) is 21.6. The van der Waals surface area contributed by atoms with Crippen molar-refractivity contribution in [1.82, 2.24) is 20.2 Å². The van der Waals surface area contributed by atoms with E-state index in [0.29, 0.717) is 5.41 Å². The predicted octanol–water partition coefficient (Wildman–Crippen LogP) is 3.97. The molecule has 1 fully saturated rings. The second-order valence-electron chi connectivity index (χ2n) is 8.06. The first-order valence-electron chi connectivity index (χ1n) is 11.3. The van der Waals surface area contributed by atoms with Gasteiger partial charge >= 0.3 is 0 Å². The number of nitrogens with zero attached hydrogens (tertiary/aromatic N) is 3. The fourth-order valence-electron chi connectivity index (χ4n) is 4.28. The maximum absolute atomic E-state index is 5.63. The van der Waals surface area contributed by atoms with E-state index in [-0.39, 0.29) is 0 Å². The summed E-state index contributed by atoms with van der Waals surface area (Å²) in [7, 11) is 0. The summed E-state index contributed by atoms with van der Waals surface area (Å²) in [5.41, 5.74) is 2.59. The van der Waals surface area contributed by atoms with Crippen LogP contribution in [0.4, 0.5) is 0 Å². The molecule has 0 atom stereocenters. The van der Waals surface area contributed by atoms with Crippen LogP contribution in [-0.4, -0.2) is 48.4 Å². The summed E-state index contributed by atoms with van der Waals surface area (Å²) >= 11 is 0. The van der Waals surface area contributed by atoms with Crippen molar-refractivity contribution in [1.29, 1.82) is 0 Å². The Hall–Kier alpha value is -2.08.